The van der Waals surface area contributed by atoms with Crippen LogP contribution in [-0.4, -0.2) is 21.9 Å². The molecule has 0 aliphatic heterocycles. The quantitative estimate of drug-likeness (QED) is 0.605. The summed E-state index contributed by atoms with van der Waals surface area (Å²) in [6.45, 7) is 2.96. The molecule has 0 N–H and O–H groups in total. The minimum atomic E-state index is 0.0112. The second-order valence-corrected chi connectivity index (χ2v) is 5.11. The fourth-order valence-corrected chi connectivity index (χ4v) is 2.09. The van der Waals surface area contributed by atoms with Gasteiger partial charge in [0.25, 0.3) is 0 Å². The number of halogens is 1. The molecule has 19 heavy (non-hydrogen) atoms. The van der Waals surface area contributed by atoms with Gasteiger partial charge in [0.15, 0.2) is 5.78 Å². The Labute approximate surface area is 120 Å². The highest BCUT2D eigenvalue weighted by atomic mass is 79.9. The number of ketones is 1. The highest BCUT2D eigenvalue weighted by Crippen LogP contribution is 2.24. The summed E-state index contributed by atoms with van der Waals surface area (Å²) in [4.78, 5) is 15.5. The maximum Gasteiger partial charge on any atom is 0.163 e. The topological polar surface area (TPSA) is 44.1 Å². The van der Waals surface area contributed by atoms with E-state index >= 15 is 0 Å². The van der Waals surface area contributed by atoms with Gasteiger partial charge in [-0.05, 0) is 31.5 Å². The Balaban J connectivity index is 1.91. The highest BCUT2D eigenvalue weighted by Gasteiger charge is 2.08. The molecule has 0 saturated heterocycles. The molecule has 0 fully saturated rings. The van der Waals surface area contributed by atoms with Crippen molar-refractivity contribution in [2.24, 2.45) is 0 Å². The van der Waals surface area contributed by atoms with E-state index in [0.717, 1.165) is 17.4 Å². The van der Waals surface area contributed by atoms with Gasteiger partial charge < -0.3 is 9.30 Å². The van der Waals surface area contributed by atoms with Crippen molar-refractivity contribution >= 4 is 21.7 Å². The Morgan fingerprint density at radius 3 is 3.00 bits per heavy atom. The van der Waals surface area contributed by atoms with Gasteiger partial charge in [-0.3, -0.25) is 4.79 Å². The molecular formula is C14H15BrN2O2. The first-order valence-electron chi connectivity index (χ1n) is 6.06. The van der Waals surface area contributed by atoms with Crippen molar-refractivity contribution in [1.29, 1.82) is 0 Å². The fourth-order valence-electron chi connectivity index (χ4n) is 1.75. The first-order valence-corrected chi connectivity index (χ1v) is 6.85. The predicted octanol–water partition coefficient (Wildman–Crippen LogP) is 3.32. The summed E-state index contributed by atoms with van der Waals surface area (Å²) in [6.07, 6.45) is 6.31. The molecule has 4 nitrogen and oxygen atoms in total. The Bertz CT molecular complexity index is 553. The van der Waals surface area contributed by atoms with Crippen LogP contribution < -0.4 is 4.74 Å². The van der Waals surface area contributed by atoms with Crippen LogP contribution in [0.2, 0.25) is 0 Å². The van der Waals surface area contributed by atoms with Gasteiger partial charge in [-0.1, -0.05) is 15.9 Å². The number of ether oxygens (including phenoxy) is 1. The van der Waals surface area contributed by atoms with Crippen molar-refractivity contribution in [3.05, 3.63) is 47.0 Å². The van der Waals surface area contributed by atoms with E-state index in [9.17, 15) is 4.79 Å². The third-order valence-electron chi connectivity index (χ3n) is 2.70. The van der Waals surface area contributed by atoms with Crippen LogP contribution in [0.15, 0.2) is 41.4 Å². The van der Waals surface area contributed by atoms with Crippen LogP contribution in [0.25, 0.3) is 0 Å². The SMILES string of the molecule is CC(=O)c1ccc(Br)cc1OCCCn1ccnc1. The van der Waals surface area contributed by atoms with Gasteiger partial charge in [0.05, 0.1) is 18.5 Å². The lowest BCUT2D eigenvalue weighted by Gasteiger charge is -2.10. The summed E-state index contributed by atoms with van der Waals surface area (Å²) in [5, 5.41) is 0. The van der Waals surface area contributed by atoms with E-state index in [1.165, 1.54) is 0 Å². The maximum atomic E-state index is 11.5. The van der Waals surface area contributed by atoms with Gasteiger partial charge >= 0.3 is 0 Å². The number of rotatable bonds is 6. The Kier molecular flexibility index (Phi) is 4.74. The smallest absolute Gasteiger partial charge is 0.163 e. The van der Waals surface area contributed by atoms with E-state index in [-0.39, 0.29) is 5.78 Å². The summed E-state index contributed by atoms with van der Waals surface area (Å²) in [5.74, 6) is 0.643. The Morgan fingerprint density at radius 2 is 2.32 bits per heavy atom. The number of benzene rings is 1. The standard InChI is InChI=1S/C14H15BrN2O2/c1-11(18)13-4-3-12(15)9-14(13)19-8-2-6-17-7-5-16-10-17/h3-5,7,9-10H,2,6,8H2,1H3. The average molecular weight is 323 g/mol. The zero-order valence-corrected chi connectivity index (χ0v) is 12.3. The van der Waals surface area contributed by atoms with Gasteiger partial charge in [0.2, 0.25) is 0 Å². The summed E-state index contributed by atoms with van der Waals surface area (Å²) in [7, 11) is 0. The number of carbonyl (C=O) groups excluding carboxylic acids is 1. The largest absolute Gasteiger partial charge is 0.493 e. The van der Waals surface area contributed by atoms with Crippen LogP contribution in [0.1, 0.15) is 23.7 Å². The van der Waals surface area contributed by atoms with E-state index in [4.69, 9.17) is 4.74 Å². The number of carbonyl (C=O) groups is 1. The maximum absolute atomic E-state index is 11.5. The van der Waals surface area contributed by atoms with Gasteiger partial charge in [0.1, 0.15) is 5.75 Å². The molecule has 0 aliphatic rings. The number of nitrogens with zero attached hydrogens (tertiary/aromatic N) is 2. The molecule has 0 unspecified atom stereocenters. The lowest BCUT2D eigenvalue weighted by atomic mass is 10.1. The molecule has 2 aromatic rings. The van der Waals surface area contributed by atoms with E-state index < -0.39 is 0 Å². The molecule has 5 heteroatoms. The van der Waals surface area contributed by atoms with Gasteiger partial charge in [0, 0.05) is 23.4 Å². The molecule has 100 valence electrons. The molecular weight excluding hydrogens is 308 g/mol. The number of aryl methyl sites for hydroxylation is 1. The second-order valence-electron chi connectivity index (χ2n) is 4.20. The molecule has 0 atom stereocenters. The molecule has 0 aliphatic carbocycles. The van der Waals surface area contributed by atoms with Crippen LogP contribution in [0.3, 0.4) is 0 Å². The minimum absolute atomic E-state index is 0.0112. The lowest BCUT2D eigenvalue weighted by molar-refractivity contribution is 0.101. The predicted molar refractivity (Wildman–Crippen MR) is 76.5 cm³/mol. The van der Waals surface area contributed by atoms with Crippen LogP contribution in [0, 0.1) is 0 Å². The van der Waals surface area contributed by atoms with Gasteiger partial charge in [-0.15, -0.1) is 0 Å². The van der Waals surface area contributed by atoms with Crippen molar-refractivity contribution < 1.29 is 9.53 Å². The van der Waals surface area contributed by atoms with E-state index in [1.54, 1.807) is 25.5 Å². The third kappa shape index (κ3) is 3.92. The van der Waals surface area contributed by atoms with Crippen LogP contribution in [0.4, 0.5) is 0 Å². The van der Waals surface area contributed by atoms with Crippen molar-refractivity contribution in [3.63, 3.8) is 0 Å². The number of aromatic nitrogens is 2. The summed E-state index contributed by atoms with van der Waals surface area (Å²) in [5.41, 5.74) is 0.617. The second kappa shape index (κ2) is 6.52. The molecule has 1 aromatic heterocycles. The number of hydrogen-bond acceptors (Lipinski definition) is 3. The zero-order chi connectivity index (χ0) is 13.7. The number of imidazole rings is 1. The summed E-state index contributed by atoms with van der Waals surface area (Å²) < 4.78 is 8.59. The molecule has 0 amide bonds. The van der Waals surface area contributed by atoms with Crippen LogP contribution in [-0.2, 0) is 6.54 Å². The van der Waals surface area contributed by atoms with Crippen molar-refractivity contribution in [1.82, 2.24) is 9.55 Å². The molecule has 1 heterocycles. The Morgan fingerprint density at radius 1 is 1.47 bits per heavy atom. The highest BCUT2D eigenvalue weighted by molar-refractivity contribution is 9.10. The van der Waals surface area contributed by atoms with Crippen molar-refractivity contribution in [2.45, 2.75) is 19.9 Å². The lowest BCUT2D eigenvalue weighted by Crippen LogP contribution is -2.06. The zero-order valence-electron chi connectivity index (χ0n) is 10.7. The van der Waals surface area contributed by atoms with E-state index in [1.807, 2.05) is 22.9 Å². The van der Waals surface area contributed by atoms with E-state index in [2.05, 4.69) is 20.9 Å². The van der Waals surface area contributed by atoms with Crippen molar-refractivity contribution in [3.8, 4) is 5.75 Å². The normalized spacial score (nSPS) is 10.4. The van der Waals surface area contributed by atoms with Gasteiger partial charge in [-0.25, -0.2) is 4.98 Å². The molecule has 2 rings (SSSR count). The van der Waals surface area contributed by atoms with Crippen LogP contribution >= 0.6 is 15.9 Å². The molecule has 0 spiro atoms. The summed E-state index contributed by atoms with van der Waals surface area (Å²) in [6, 6.07) is 5.45. The summed E-state index contributed by atoms with van der Waals surface area (Å²) >= 11 is 3.38. The molecule has 0 bridgehead atoms. The van der Waals surface area contributed by atoms with Gasteiger partial charge in [-0.2, -0.15) is 0 Å². The Hall–Kier alpha value is -1.62. The number of Topliss-reactive ketones (excluding diaryl/α,β-unsaturated/α-hetero) is 1. The molecule has 1 aromatic carbocycles. The fraction of sp³-hybridized carbons (Fsp3) is 0.286. The van der Waals surface area contributed by atoms with Crippen molar-refractivity contribution in [2.75, 3.05) is 6.61 Å². The van der Waals surface area contributed by atoms with Crippen LogP contribution in [0.5, 0.6) is 5.75 Å². The minimum Gasteiger partial charge on any atom is -0.493 e. The van der Waals surface area contributed by atoms with E-state index in [0.29, 0.717) is 17.9 Å². The number of hydrogen-bond donors (Lipinski definition) is 0. The monoisotopic (exact) mass is 322 g/mol. The average Bonchev–Trinajstić information content (AvgIpc) is 2.87. The first kappa shape index (κ1) is 13.8. The first-order chi connectivity index (χ1) is 9.16. The third-order valence-corrected chi connectivity index (χ3v) is 3.19. The molecule has 0 saturated carbocycles. The molecule has 0 radical (unpaired) electrons.